The first kappa shape index (κ1) is 15.9. The van der Waals surface area contributed by atoms with Gasteiger partial charge in [-0.25, -0.2) is 4.39 Å². The van der Waals surface area contributed by atoms with E-state index >= 15 is 0 Å². The third-order valence-corrected chi connectivity index (χ3v) is 3.74. The molecule has 1 aliphatic heterocycles. The topological polar surface area (TPSA) is 52.6 Å². The largest absolute Gasteiger partial charge is 0.392 e. The predicted molar refractivity (Wildman–Crippen MR) is 79.1 cm³/mol. The molecular weight excluding hydrogens is 271 g/mol. The summed E-state index contributed by atoms with van der Waals surface area (Å²) >= 11 is 0. The van der Waals surface area contributed by atoms with Crippen molar-refractivity contribution in [1.29, 1.82) is 0 Å². The van der Waals surface area contributed by atoms with E-state index in [0.717, 1.165) is 24.9 Å². The minimum Gasteiger partial charge on any atom is -0.392 e. The van der Waals surface area contributed by atoms with E-state index in [0.29, 0.717) is 19.6 Å². The van der Waals surface area contributed by atoms with E-state index in [-0.39, 0.29) is 17.6 Å². The van der Waals surface area contributed by atoms with Crippen molar-refractivity contribution in [3.8, 4) is 0 Å². The fourth-order valence-electron chi connectivity index (χ4n) is 2.70. The number of hydrogen-bond donors (Lipinski definition) is 2. The van der Waals surface area contributed by atoms with Gasteiger partial charge >= 0.3 is 0 Å². The van der Waals surface area contributed by atoms with Crippen LogP contribution in [-0.4, -0.2) is 41.7 Å². The van der Waals surface area contributed by atoms with Gasteiger partial charge in [-0.1, -0.05) is 12.1 Å². The summed E-state index contributed by atoms with van der Waals surface area (Å²) in [6.45, 7) is 4.22. The van der Waals surface area contributed by atoms with E-state index in [2.05, 4.69) is 10.2 Å². The third-order valence-electron chi connectivity index (χ3n) is 3.74. The Hall–Kier alpha value is -1.46. The molecule has 0 bridgehead atoms. The van der Waals surface area contributed by atoms with Gasteiger partial charge in [0.2, 0.25) is 5.91 Å². The molecule has 1 heterocycles. The highest BCUT2D eigenvalue weighted by atomic mass is 19.1. The van der Waals surface area contributed by atoms with Crippen LogP contribution in [0.5, 0.6) is 0 Å². The summed E-state index contributed by atoms with van der Waals surface area (Å²) in [7, 11) is 0. The van der Waals surface area contributed by atoms with E-state index in [1.165, 1.54) is 12.1 Å². The van der Waals surface area contributed by atoms with E-state index < -0.39 is 6.10 Å². The number of benzene rings is 1. The van der Waals surface area contributed by atoms with Gasteiger partial charge in [0.1, 0.15) is 5.82 Å². The standard InChI is InChI=1S/C16H23FN2O2/c1-12(20)9-18-16(21)14-5-3-7-19(11-14)10-13-4-2-6-15(17)8-13/h2,4,6,8,12,14,20H,3,5,7,9-11H2,1H3,(H,18,21). The van der Waals surface area contributed by atoms with E-state index in [9.17, 15) is 14.3 Å². The second-order valence-electron chi connectivity index (χ2n) is 5.80. The first-order chi connectivity index (χ1) is 10.0. The number of aliphatic hydroxyl groups excluding tert-OH is 1. The lowest BCUT2D eigenvalue weighted by atomic mass is 9.96. The molecule has 0 saturated carbocycles. The summed E-state index contributed by atoms with van der Waals surface area (Å²) in [5, 5.41) is 12.0. The van der Waals surface area contributed by atoms with E-state index in [4.69, 9.17) is 0 Å². The zero-order chi connectivity index (χ0) is 15.2. The number of likely N-dealkylation sites (tertiary alicyclic amines) is 1. The molecule has 4 nitrogen and oxygen atoms in total. The Morgan fingerprint density at radius 1 is 1.57 bits per heavy atom. The zero-order valence-electron chi connectivity index (χ0n) is 12.4. The zero-order valence-corrected chi connectivity index (χ0v) is 12.4. The summed E-state index contributed by atoms with van der Waals surface area (Å²) in [4.78, 5) is 14.2. The fourth-order valence-corrected chi connectivity index (χ4v) is 2.70. The quantitative estimate of drug-likeness (QED) is 0.866. The smallest absolute Gasteiger partial charge is 0.224 e. The summed E-state index contributed by atoms with van der Waals surface area (Å²) in [6, 6.07) is 6.59. The maximum atomic E-state index is 13.2. The van der Waals surface area contributed by atoms with Crippen molar-refractivity contribution in [3.63, 3.8) is 0 Å². The van der Waals surface area contributed by atoms with Crippen molar-refractivity contribution < 1.29 is 14.3 Å². The molecule has 1 amide bonds. The van der Waals surface area contributed by atoms with Crippen LogP contribution < -0.4 is 5.32 Å². The van der Waals surface area contributed by atoms with Gasteiger partial charge in [-0.05, 0) is 44.0 Å². The molecule has 1 aliphatic rings. The summed E-state index contributed by atoms with van der Waals surface area (Å²) in [6.07, 6.45) is 1.30. The minimum absolute atomic E-state index is 0.000146. The number of hydrogen-bond acceptors (Lipinski definition) is 3. The fraction of sp³-hybridized carbons (Fsp3) is 0.562. The van der Waals surface area contributed by atoms with Crippen molar-refractivity contribution in [3.05, 3.63) is 35.6 Å². The molecule has 2 atom stereocenters. The molecule has 0 aliphatic carbocycles. The van der Waals surface area contributed by atoms with Gasteiger partial charge < -0.3 is 10.4 Å². The molecule has 1 saturated heterocycles. The SMILES string of the molecule is CC(O)CNC(=O)C1CCCN(Cc2cccc(F)c2)C1. The number of nitrogens with one attached hydrogen (secondary N) is 1. The lowest BCUT2D eigenvalue weighted by Crippen LogP contribution is -2.44. The maximum absolute atomic E-state index is 13.2. The van der Waals surface area contributed by atoms with Crippen LogP contribution in [0.15, 0.2) is 24.3 Å². The van der Waals surface area contributed by atoms with Gasteiger partial charge in [0, 0.05) is 19.6 Å². The molecule has 1 fully saturated rings. The molecule has 0 radical (unpaired) electrons. The lowest BCUT2D eigenvalue weighted by molar-refractivity contribution is -0.127. The van der Waals surface area contributed by atoms with Gasteiger partial charge in [-0.15, -0.1) is 0 Å². The number of halogens is 1. The molecule has 2 unspecified atom stereocenters. The van der Waals surface area contributed by atoms with Crippen LogP contribution in [0.3, 0.4) is 0 Å². The number of rotatable bonds is 5. The number of aliphatic hydroxyl groups is 1. The monoisotopic (exact) mass is 294 g/mol. The Kier molecular flexibility index (Phi) is 5.70. The van der Waals surface area contributed by atoms with Gasteiger partial charge in [-0.3, -0.25) is 9.69 Å². The Bertz CT molecular complexity index is 479. The molecule has 2 N–H and O–H groups in total. The average Bonchev–Trinajstić information content (AvgIpc) is 2.45. The molecule has 1 aromatic carbocycles. The normalized spacial score (nSPS) is 21.0. The van der Waals surface area contributed by atoms with Gasteiger partial charge in [0.15, 0.2) is 0 Å². The second-order valence-corrected chi connectivity index (χ2v) is 5.80. The first-order valence-corrected chi connectivity index (χ1v) is 7.47. The van der Waals surface area contributed by atoms with Crippen molar-refractivity contribution in [2.75, 3.05) is 19.6 Å². The molecule has 2 rings (SSSR count). The van der Waals surface area contributed by atoms with Crippen LogP contribution in [0.4, 0.5) is 4.39 Å². The maximum Gasteiger partial charge on any atom is 0.224 e. The Balaban J connectivity index is 1.87. The lowest BCUT2D eigenvalue weighted by Gasteiger charge is -2.32. The second kappa shape index (κ2) is 7.52. The van der Waals surface area contributed by atoms with Crippen LogP contribution in [0.25, 0.3) is 0 Å². The molecule has 0 aromatic heterocycles. The van der Waals surface area contributed by atoms with Crippen LogP contribution in [-0.2, 0) is 11.3 Å². The van der Waals surface area contributed by atoms with Crippen LogP contribution >= 0.6 is 0 Å². The molecule has 116 valence electrons. The minimum atomic E-state index is -0.527. The molecule has 1 aromatic rings. The number of piperidine rings is 1. The number of nitrogens with zero attached hydrogens (tertiary/aromatic N) is 1. The first-order valence-electron chi connectivity index (χ1n) is 7.47. The van der Waals surface area contributed by atoms with Gasteiger partial charge in [0.05, 0.1) is 12.0 Å². The molecular formula is C16H23FN2O2. The van der Waals surface area contributed by atoms with Crippen molar-refractivity contribution in [2.45, 2.75) is 32.4 Å². The number of amides is 1. The Morgan fingerprint density at radius 3 is 3.10 bits per heavy atom. The van der Waals surface area contributed by atoms with Crippen molar-refractivity contribution >= 4 is 5.91 Å². The van der Waals surface area contributed by atoms with Crippen molar-refractivity contribution in [2.24, 2.45) is 5.92 Å². The van der Waals surface area contributed by atoms with Gasteiger partial charge in [0.25, 0.3) is 0 Å². The average molecular weight is 294 g/mol. The summed E-state index contributed by atoms with van der Waals surface area (Å²) in [5.74, 6) is -0.276. The predicted octanol–water partition coefficient (Wildman–Crippen LogP) is 1.53. The van der Waals surface area contributed by atoms with Crippen LogP contribution in [0.2, 0.25) is 0 Å². The molecule has 0 spiro atoms. The highest BCUT2D eigenvalue weighted by Crippen LogP contribution is 2.19. The van der Waals surface area contributed by atoms with Crippen LogP contribution in [0, 0.1) is 11.7 Å². The van der Waals surface area contributed by atoms with Crippen molar-refractivity contribution in [1.82, 2.24) is 10.2 Å². The summed E-state index contributed by atoms with van der Waals surface area (Å²) in [5.41, 5.74) is 0.931. The highest BCUT2D eigenvalue weighted by Gasteiger charge is 2.25. The molecule has 21 heavy (non-hydrogen) atoms. The van der Waals surface area contributed by atoms with E-state index in [1.807, 2.05) is 6.07 Å². The van der Waals surface area contributed by atoms with E-state index in [1.54, 1.807) is 13.0 Å². The van der Waals surface area contributed by atoms with Gasteiger partial charge in [-0.2, -0.15) is 0 Å². The Morgan fingerprint density at radius 2 is 2.38 bits per heavy atom. The molecule has 5 heteroatoms. The third kappa shape index (κ3) is 5.10. The highest BCUT2D eigenvalue weighted by molar-refractivity contribution is 5.78. The number of carbonyl (C=O) groups excluding carboxylic acids is 1. The number of carbonyl (C=O) groups is 1. The summed E-state index contributed by atoms with van der Waals surface area (Å²) < 4.78 is 13.2. The van der Waals surface area contributed by atoms with Crippen LogP contribution in [0.1, 0.15) is 25.3 Å². The Labute approximate surface area is 125 Å².